The standard InChI is InChI=1S/C25H27N3O5/c1-32-19-9-10-21(33-2)17(13-19)14-27(18-7-8-18)22(29)15-28-23(30)25(26-24(28)31)12-11-16-5-3-4-6-20(16)25/h3-6,9-10,13,18H,7-8,11-12,14-15H2,1-2H3,(H,26,31). The second-order valence-corrected chi connectivity index (χ2v) is 8.81. The zero-order valence-corrected chi connectivity index (χ0v) is 18.8. The van der Waals surface area contributed by atoms with Crippen LogP contribution < -0.4 is 14.8 Å². The summed E-state index contributed by atoms with van der Waals surface area (Å²) in [5, 5.41) is 2.89. The van der Waals surface area contributed by atoms with Crippen LogP contribution in [0.2, 0.25) is 0 Å². The molecule has 1 unspecified atom stereocenters. The van der Waals surface area contributed by atoms with Crippen molar-refractivity contribution in [2.24, 2.45) is 0 Å². The Morgan fingerprint density at radius 2 is 1.94 bits per heavy atom. The number of amides is 4. The maximum atomic E-state index is 13.4. The largest absolute Gasteiger partial charge is 0.497 e. The fourth-order valence-electron chi connectivity index (χ4n) is 4.96. The summed E-state index contributed by atoms with van der Waals surface area (Å²) in [7, 11) is 3.17. The van der Waals surface area contributed by atoms with Gasteiger partial charge in [-0.3, -0.25) is 14.5 Å². The number of ether oxygens (including phenoxy) is 2. The Morgan fingerprint density at radius 3 is 2.67 bits per heavy atom. The first-order chi connectivity index (χ1) is 16.0. The number of aryl methyl sites for hydroxylation is 1. The van der Waals surface area contributed by atoms with Crippen molar-refractivity contribution in [3.05, 3.63) is 59.2 Å². The molecular formula is C25H27N3O5. The molecule has 3 aliphatic rings. The summed E-state index contributed by atoms with van der Waals surface area (Å²) in [5.41, 5.74) is 1.65. The molecule has 0 aromatic heterocycles. The highest BCUT2D eigenvalue weighted by Crippen LogP contribution is 2.41. The molecule has 5 rings (SSSR count). The van der Waals surface area contributed by atoms with Gasteiger partial charge in [-0.1, -0.05) is 24.3 Å². The van der Waals surface area contributed by atoms with Crippen LogP contribution in [0.25, 0.3) is 0 Å². The van der Waals surface area contributed by atoms with Gasteiger partial charge >= 0.3 is 6.03 Å². The van der Waals surface area contributed by atoms with Crippen molar-refractivity contribution in [1.29, 1.82) is 0 Å². The van der Waals surface area contributed by atoms with E-state index in [2.05, 4.69) is 5.32 Å². The quantitative estimate of drug-likeness (QED) is 0.657. The summed E-state index contributed by atoms with van der Waals surface area (Å²) < 4.78 is 10.8. The van der Waals surface area contributed by atoms with Crippen molar-refractivity contribution in [2.45, 2.75) is 43.8 Å². The maximum absolute atomic E-state index is 13.4. The summed E-state index contributed by atoms with van der Waals surface area (Å²) >= 11 is 0. The number of benzene rings is 2. The topological polar surface area (TPSA) is 88.2 Å². The molecule has 2 aromatic carbocycles. The van der Waals surface area contributed by atoms with Crippen LogP contribution in [-0.2, 0) is 28.1 Å². The highest BCUT2D eigenvalue weighted by molar-refractivity contribution is 6.10. The number of nitrogens with one attached hydrogen (secondary N) is 1. The SMILES string of the molecule is COc1ccc(OC)c(CN(C(=O)CN2C(=O)NC3(CCc4ccccc43)C2=O)C2CC2)c1. The molecule has 2 aromatic rings. The fraction of sp³-hybridized carbons (Fsp3) is 0.400. The molecule has 1 aliphatic heterocycles. The van der Waals surface area contributed by atoms with E-state index in [0.29, 0.717) is 30.9 Å². The van der Waals surface area contributed by atoms with E-state index in [4.69, 9.17) is 9.47 Å². The molecule has 0 radical (unpaired) electrons. The number of imide groups is 1. The first kappa shape index (κ1) is 21.3. The average Bonchev–Trinajstić information content (AvgIpc) is 3.57. The molecule has 1 spiro atoms. The summed E-state index contributed by atoms with van der Waals surface area (Å²) in [5.74, 6) is 0.727. The van der Waals surface area contributed by atoms with Gasteiger partial charge in [0.05, 0.1) is 14.2 Å². The van der Waals surface area contributed by atoms with E-state index in [1.807, 2.05) is 36.4 Å². The van der Waals surface area contributed by atoms with Crippen LogP contribution in [0.1, 0.15) is 36.0 Å². The van der Waals surface area contributed by atoms with Crippen LogP contribution in [0.3, 0.4) is 0 Å². The maximum Gasteiger partial charge on any atom is 0.325 e. The molecule has 4 amide bonds. The zero-order chi connectivity index (χ0) is 23.2. The van der Waals surface area contributed by atoms with Gasteiger partial charge in [-0.15, -0.1) is 0 Å². The number of carbonyl (C=O) groups is 3. The molecule has 8 heteroatoms. The van der Waals surface area contributed by atoms with Gasteiger partial charge in [-0.2, -0.15) is 0 Å². The average molecular weight is 450 g/mol. The molecule has 2 aliphatic carbocycles. The summed E-state index contributed by atoms with van der Waals surface area (Å²) in [6.45, 7) is 0.0405. The van der Waals surface area contributed by atoms with Crippen LogP contribution in [0.4, 0.5) is 4.79 Å². The van der Waals surface area contributed by atoms with Gasteiger partial charge in [-0.05, 0) is 55.0 Å². The fourth-order valence-corrected chi connectivity index (χ4v) is 4.96. The Kier molecular flexibility index (Phi) is 5.23. The summed E-state index contributed by atoms with van der Waals surface area (Å²) in [6, 6.07) is 12.7. The lowest BCUT2D eigenvalue weighted by Gasteiger charge is -2.26. The molecule has 0 bridgehead atoms. The molecule has 172 valence electrons. The molecular weight excluding hydrogens is 422 g/mol. The lowest BCUT2D eigenvalue weighted by atomic mass is 9.92. The Hall–Kier alpha value is -3.55. The molecule has 1 N–H and O–H groups in total. The van der Waals surface area contributed by atoms with Gasteiger partial charge < -0.3 is 19.7 Å². The monoisotopic (exact) mass is 449 g/mol. The van der Waals surface area contributed by atoms with E-state index >= 15 is 0 Å². The minimum absolute atomic E-state index is 0.0929. The zero-order valence-electron chi connectivity index (χ0n) is 18.8. The summed E-state index contributed by atoms with van der Waals surface area (Å²) in [6.07, 6.45) is 3.02. The van der Waals surface area contributed by atoms with Crippen molar-refractivity contribution < 1.29 is 23.9 Å². The Bertz CT molecular complexity index is 1130. The Morgan fingerprint density at radius 1 is 1.15 bits per heavy atom. The van der Waals surface area contributed by atoms with Crippen LogP contribution in [0.15, 0.2) is 42.5 Å². The van der Waals surface area contributed by atoms with Gasteiger partial charge in [0.2, 0.25) is 5.91 Å². The highest BCUT2D eigenvalue weighted by Gasteiger charge is 2.55. The van der Waals surface area contributed by atoms with Gasteiger partial charge in [0, 0.05) is 18.2 Å². The number of hydrogen-bond donors (Lipinski definition) is 1. The number of urea groups is 1. The molecule has 1 heterocycles. The Balaban J connectivity index is 1.36. The van der Waals surface area contributed by atoms with E-state index in [0.717, 1.165) is 34.4 Å². The van der Waals surface area contributed by atoms with Gasteiger partial charge in [0.15, 0.2) is 0 Å². The molecule has 1 saturated carbocycles. The van der Waals surface area contributed by atoms with Crippen molar-refractivity contribution >= 4 is 17.8 Å². The number of carbonyl (C=O) groups excluding carboxylic acids is 3. The normalized spacial score (nSPS) is 21.2. The number of rotatable bonds is 7. The predicted octanol–water partition coefficient (Wildman–Crippen LogP) is 2.59. The predicted molar refractivity (Wildman–Crippen MR) is 120 cm³/mol. The molecule has 1 saturated heterocycles. The number of hydrogen-bond acceptors (Lipinski definition) is 5. The van der Waals surface area contributed by atoms with E-state index in [-0.39, 0.29) is 24.4 Å². The van der Waals surface area contributed by atoms with Crippen LogP contribution in [-0.4, -0.2) is 54.5 Å². The third-order valence-corrected chi connectivity index (χ3v) is 6.85. The molecule has 1 atom stereocenters. The van der Waals surface area contributed by atoms with Gasteiger partial charge in [0.1, 0.15) is 23.6 Å². The van der Waals surface area contributed by atoms with Crippen LogP contribution >= 0.6 is 0 Å². The van der Waals surface area contributed by atoms with Crippen molar-refractivity contribution in [1.82, 2.24) is 15.1 Å². The minimum atomic E-state index is -1.06. The van der Waals surface area contributed by atoms with Gasteiger partial charge in [-0.25, -0.2) is 4.79 Å². The van der Waals surface area contributed by atoms with Crippen molar-refractivity contribution in [3.8, 4) is 11.5 Å². The second-order valence-electron chi connectivity index (χ2n) is 8.81. The molecule has 2 fully saturated rings. The third kappa shape index (κ3) is 3.59. The van der Waals surface area contributed by atoms with E-state index < -0.39 is 11.6 Å². The number of fused-ring (bicyclic) bond motifs is 2. The lowest BCUT2D eigenvalue weighted by Crippen LogP contribution is -2.45. The van der Waals surface area contributed by atoms with E-state index in [1.165, 1.54) is 0 Å². The molecule has 8 nitrogen and oxygen atoms in total. The van der Waals surface area contributed by atoms with Crippen LogP contribution in [0, 0.1) is 0 Å². The van der Waals surface area contributed by atoms with Crippen LogP contribution in [0.5, 0.6) is 11.5 Å². The number of nitrogens with zero attached hydrogens (tertiary/aromatic N) is 2. The summed E-state index contributed by atoms with van der Waals surface area (Å²) in [4.78, 5) is 42.4. The first-order valence-electron chi connectivity index (χ1n) is 11.2. The molecule has 33 heavy (non-hydrogen) atoms. The highest BCUT2D eigenvalue weighted by atomic mass is 16.5. The first-order valence-corrected chi connectivity index (χ1v) is 11.2. The second kappa shape index (κ2) is 8.10. The number of methoxy groups -OCH3 is 2. The van der Waals surface area contributed by atoms with E-state index in [9.17, 15) is 14.4 Å². The van der Waals surface area contributed by atoms with Crippen molar-refractivity contribution in [2.75, 3.05) is 20.8 Å². The minimum Gasteiger partial charge on any atom is -0.497 e. The smallest absolute Gasteiger partial charge is 0.325 e. The van der Waals surface area contributed by atoms with E-state index in [1.54, 1.807) is 25.2 Å². The van der Waals surface area contributed by atoms with Gasteiger partial charge in [0.25, 0.3) is 5.91 Å². The van der Waals surface area contributed by atoms with Crippen molar-refractivity contribution in [3.63, 3.8) is 0 Å². The lowest BCUT2D eigenvalue weighted by molar-refractivity contribution is -0.139. The Labute approximate surface area is 192 Å². The third-order valence-electron chi connectivity index (χ3n) is 6.85.